The van der Waals surface area contributed by atoms with Crippen molar-refractivity contribution in [3.8, 4) is 11.8 Å². The zero-order valence-corrected chi connectivity index (χ0v) is 21.7. The summed E-state index contributed by atoms with van der Waals surface area (Å²) >= 11 is 0. The molecular weight excluding hydrogens is 418 g/mol. The highest BCUT2D eigenvalue weighted by Crippen LogP contribution is 2.28. The number of nitrogens with zero attached hydrogens (tertiary/aromatic N) is 2. The van der Waals surface area contributed by atoms with Crippen LogP contribution in [0, 0.1) is 17.2 Å². The fraction of sp³-hybridized carbons (Fsp3) is 0.467. The standard InChI is InChI=1S/C30H41N3O/c1-6-9-24(10-7-2)22-34-30-17-15-25(18-27(30)20-31)26-14-12-23(4)13-16-28(19-26)33-29(11-8-3)21-32-5/h11-12,14-15,17-19,21,24,33H,6-10,13,16,22H2,1-5H3/b23-12?,26-14+,28-19+,29-11+,32-21?. The third-order valence-corrected chi connectivity index (χ3v) is 5.96. The first-order chi connectivity index (χ1) is 16.5. The lowest BCUT2D eigenvalue weighted by Crippen LogP contribution is -2.15. The van der Waals surface area contributed by atoms with E-state index in [-0.39, 0.29) is 0 Å². The van der Waals surface area contributed by atoms with Crippen molar-refractivity contribution < 1.29 is 4.74 Å². The van der Waals surface area contributed by atoms with Gasteiger partial charge in [0.2, 0.25) is 0 Å². The largest absolute Gasteiger partial charge is 0.492 e. The molecule has 1 N–H and O–H groups in total. The second-order valence-electron chi connectivity index (χ2n) is 8.96. The predicted octanol–water partition coefficient (Wildman–Crippen LogP) is 7.74. The Labute approximate surface area is 206 Å². The highest BCUT2D eigenvalue weighted by atomic mass is 16.5. The van der Waals surface area contributed by atoms with Crippen LogP contribution in [0.15, 0.2) is 64.5 Å². The van der Waals surface area contributed by atoms with E-state index in [1.54, 1.807) is 7.05 Å². The number of hydrogen-bond acceptors (Lipinski definition) is 4. The molecule has 0 spiro atoms. The Balaban J connectivity index is 2.33. The summed E-state index contributed by atoms with van der Waals surface area (Å²) in [6.07, 6.45) is 18.0. The number of hydrogen-bond donors (Lipinski definition) is 1. The maximum absolute atomic E-state index is 9.83. The van der Waals surface area contributed by atoms with Gasteiger partial charge in [-0.25, -0.2) is 0 Å². The fourth-order valence-corrected chi connectivity index (χ4v) is 4.17. The van der Waals surface area contributed by atoms with Crippen molar-refractivity contribution in [2.45, 2.75) is 72.6 Å². The number of rotatable bonds is 12. The lowest BCUT2D eigenvalue weighted by molar-refractivity contribution is 0.229. The molecule has 0 bridgehead atoms. The van der Waals surface area contributed by atoms with E-state index in [0.29, 0.717) is 23.8 Å². The maximum atomic E-state index is 9.83. The van der Waals surface area contributed by atoms with E-state index >= 15 is 0 Å². The number of nitrogens with one attached hydrogen (secondary N) is 1. The van der Waals surface area contributed by atoms with Crippen LogP contribution in [-0.2, 0) is 0 Å². The normalized spacial score (nSPS) is 17.8. The van der Waals surface area contributed by atoms with Gasteiger partial charge >= 0.3 is 0 Å². The minimum atomic E-state index is 0.538. The molecule has 0 heterocycles. The van der Waals surface area contributed by atoms with Crippen LogP contribution >= 0.6 is 0 Å². The van der Waals surface area contributed by atoms with Gasteiger partial charge < -0.3 is 10.1 Å². The van der Waals surface area contributed by atoms with Crippen molar-refractivity contribution in [1.82, 2.24) is 5.32 Å². The van der Waals surface area contributed by atoms with E-state index in [2.05, 4.69) is 74.4 Å². The summed E-state index contributed by atoms with van der Waals surface area (Å²) in [5.74, 6) is 1.22. The van der Waals surface area contributed by atoms with E-state index in [0.717, 1.165) is 67.5 Å². The molecule has 1 aromatic rings. The van der Waals surface area contributed by atoms with Gasteiger partial charge in [0.1, 0.15) is 11.8 Å². The van der Waals surface area contributed by atoms with Crippen molar-refractivity contribution >= 4 is 11.8 Å². The molecule has 1 aliphatic rings. The molecular formula is C30H41N3O. The molecule has 0 aromatic heterocycles. The monoisotopic (exact) mass is 459 g/mol. The molecule has 0 unspecified atom stereocenters. The lowest BCUT2D eigenvalue weighted by atomic mass is 9.97. The summed E-state index contributed by atoms with van der Waals surface area (Å²) in [6, 6.07) is 8.31. The first-order valence-electron chi connectivity index (χ1n) is 12.7. The van der Waals surface area contributed by atoms with Crippen molar-refractivity contribution in [1.29, 1.82) is 5.26 Å². The quantitative estimate of drug-likeness (QED) is 0.325. The molecule has 0 atom stereocenters. The first kappa shape index (κ1) is 27.2. The predicted molar refractivity (Wildman–Crippen MR) is 145 cm³/mol. The third-order valence-electron chi connectivity index (χ3n) is 5.96. The minimum absolute atomic E-state index is 0.538. The van der Waals surface area contributed by atoms with Crippen LogP contribution in [0.25, 0.3) is 5.57 Å². The lowest BCUT2D eigenvalue weighted by Gasteiger charge is -2.18. The number of ether oxygens (including phenoxy) is 1. The molecule has 4 heteroatoms. The molecule has 0 fully saturated rings. The van der Waals surface area contributed by atoms with Crippen molar-refractivity contribution in [2.75, 3.05) is 13.7 Å². The van der Waals surface area contributed by atoms with Gasteiger partial charge in [-0.3, -0.25) is 4.99 Å². The average molecular weight is 460 g/mol. The van der Waals surface area contributed by atoms with E-state index in [9.17, 15) is 5.26 Å². The molecule has 0 radical (unpaired) electrons. The van der Waals surface area contributed by atoms with Gasteiger partial charge in [-0.1, -0.05) is 63.5 Å². The summed E-state index contributed by atoms with van der Waals surface area (Å²) in [6.45, 7) is 9.37. The Morgan fingerprint density at radius 1 is 1.18 bits per heavy atom. The third kappa shape index (κ3) is 8.71. The fourth-order valence-electron chi connectivity index (χ4n) is 4.17. The van der Waals surface area contributed by atoms with Crippen LogP contribution in [-0.4, -0.2) is 19.9 Å². The molecule has 0 saturated carbocycles. The molecule has 34 heavy (non-hydrogen) atoms. The van der Waals surface area contributed by atoms with Crippen LogP contribution in [0.1, 0.15) is 83.8 Å². The van der Waals surface area contributed by atoms with Crippen molar-refractivity contribution in [3.05, 3.63) is 70.6 Å². The Bertz CT molecular complexity index is 983. The van der Waals surface area contributed by atoms with Crippen LogP contribution in [0.5, 0.6) is 5.75 Å². The van der Waals surface area contributed by atoms with E-state index in [4.69, 9.17) is 4.74 Å². The van der Waals surface area contributed by atoms with Gasteiger partial charge in [0.15, 0.2) is 0 Å². The zero-order chi connectivity index (χ0) is 24.8. The number of benzene rings is 1. The Morgan fingerprint density at radius 3 is 2.59 bits per heavy atom. The van der Waals surface area contributed by atoms with Crippen molar-refractivity contribution in [2.24, 2.45) is 10.9 Å². The molecule has 0 saturated heterocycles. The molecule has 4 nitrogen and oxygen atoms in total. The SMILES string of the molecule is CC/C=C(\C=NC)N/C1=C/C(c2ccc(OCC(CCC)CCC)c(C#N)c2)=C\C=C(C)CC1. The second-order valence-corrected chi connectivity index (χ2v) is 8.96. The van der Waals surface area contributed by atoms with Crippen LogP contribution < -0.4 is 10.1 Å². The molecule has 1 aromatic carbocycles. The first-order valence-corrected chi connectivity index (χ1v) is 12.7. The van der Waals surface area contributed by atoms with Crippen LogP contribution in [0.3, 0.4) is 0 Å². The topological polar surface area (TPSA) is 57.4 Å². The zero-order valence-electron chi connectivity index (χ0n) is 21.7. The molecule has 1 aliphatic carbocycles. The molecule has 0 amide bonds. The van der Waals surface area contributed by atoms with Gasteiger partial charge in [-0.05, 0) is 74.3 Å². The number of allylic oxidation sites excluding steroid dienone is 8. The highest BCUT2D eigenvalue weighted by Gasteiger charge is 2.13. The van der Waals surface area contributed by atoms with E-state index < -0.39 is 0 Å². The Kier molecular flexibility index (Phi) is 12.0. The Morgan fingerprint density at radius 2 is 1.94 bits per heavy atom. The number of aliphatic imine (C=N–C) groups is 1. The van der Waals surface area contributed by atoms with Crippen LogP contribution in [0.2, 0.25) is 0 Å². The van der Waals surface area contributed by atoms with Gasteiger partial charge in [-0.15, -0.1) is 0 Å². The summed E-state index contributed by atoms with van der Waals surface area (Å²) in [5.41, 5.74) is 6.14. The maximum Gasteiger partial charge on any atom is 0.137 e. The molecule has 2 rings (SSSR count). The summed E-state index contributed by atoms with van der Waals surface area (Å²) in [4.78, 5) is 4.18. The molecule has 182 valence electrons. The smallest absolute Gasteiger partial charge is 0.137 e. The average Bonchev–Trinajstić information content (AvgIpc) is 2.82. The van der Waals surface area contributed by atoms with E-state index in [1.165, 1.54) is 5.57 Å². The highest BCUT2D eigenvalue weighted by molar-refractivity contribution is 5.80. The van der Waals surface area contributed by atoms with E-state index in [1.807, 2.05) is 18.3 Å². The van der Waals surface area contributed by atoms with Crippen LogP contribution in [0.4, 0.5) is 0 Å². The Hall–Kier alpha value is -3.06. The molecule has 0 aliphatic heterocycles. The van der Waals surface area contributed by atoms with Crippen molar-refractivity contribution in [3.63, 3.8) is 0 Å². The summed E-state index contributed by atoms with van der Waals surface area (Å²) < 4.78 is 6.12. The number of nitriles is 1. The summed E-state index contributed by atoms with van der Waals surface area (Å²) in [7, 11) is 1.79. The van der Waals surface area contributed by atoms with Gasteiger partial charge in [0.05, 0.1) is 17.9 Å². The summed E-state index contributed by atoms with van der Waals surface area (Å²) in [5, 5.41) is 13.4. The minimum Gasteiger partial charge on any atom is -0.492 e. The van der Waals surface area contributed by atoms with Gasteiger partial charge in [0, 0.05) is 19.0 Å². The van der Waals surface area contributed by atoms with Gasteiger partial charge in [-0.2, -0.15) is 5.26 Å². The van der Waals surface area contributed by atoms with Gasteiger partial charge in [0.25, 0.3) is 0 Å². The second kappa shape index (κ2) is 15.0.